The van der Waals surface area contributed by atoms with E-state index in [4.69, 9.17) is 4.74 Å². The maximum atomic E-state index is 11.5. The van der Waals surface area contributed by atoms with Crippen molar-refractivity contribution >= 4 is 18.1 Å². The number of carbonyl (C=O) groups excluding carboxylic acids is 2. The van der Waals surface area contributed by atoms with Crippen molar-refractivity contribution in [1.29, 1.82) is 0 Å². The third kappa shape index (κ3) is 3.85. The van der Waals surface area contributed by atoms with Gasteiger partial charge in [0.15, 0.2) is 0 Å². The van der Waals surface area contributed by atoms with Crippen molar-refractivity contribution in [3.63, 3.8) is 0 Å². The SMILES string of the molecule is Cc1cc(C(=O)OCCOC=O)cc([N+](=O)[O-])c1. The van der Waals surface area contributed by atoms with Crippen molar-refractivity contribution < 1.29 is 24.0 Å². The van der Waals surface area contributed by atoms with Crippen LogP contribution >= 0.6 is 0 Å². The van der Waals surface area contributed by atoms with Crippen LogP contribution in [-0.2, 0) is 14.3 Å². The molecule has 7 heteroatoms. The van der Waals surface area contributed by atoms with E-state index in [2.05, 4.69) is 4.74 Å². The molecular formula is C11H11NO6. The van der Waals surface area contributed by atoms with Crippen LogP contribution in [0.2, 0.25) is 0 Å². The number of nitro groups is 1. The highest BCUT2D eigenvalue weighted by Crippen LogP contribution is 2.17. The highest BCUT2D eigenvalue weighted by Gasteiger charge is 2.14. The molecule has 0 bridgehead atoms. The predicted octanol–water partition coefficient (Wildman–Crippen LogP) is 1.23. The molecular weight excluding hydrogens is 242 g/mol. The predicted molar refractivity (Wildman–Crippen MR) is 60.1 cm³/mol. The molecule has 1 aromatic carbocycles. The highest BCUT2D eigenvalue weighted by molar-refractivity contribution is 5.90. The van der Waals surface area contributed by atoms with E-state index in [-0.39, 0.29) is 30.9 Å². The Kier molecular flexibility index (Phi) is 4.79. The summed E-state index contributed by atoms with van der Waals surface area (Å²) in [5.74, 6) is -0.698. The standard InChI is InChI=1S/C11H11NO6/c1-8-4-9(6-10(5-8)12(15)16)11(14)18-3-2-17-7-13/h4-7H,2-3H2,1H3. The minimum absolute atomic E-state index is 0.0524. The van der Waals surface area contributed by atoms with Crippen molar-refractivity contribution in [2.75, 3.05) is 13.2 Å². The lowest BCUT2D eigenvalue weighted by Gasteiger charge is -2.04. The van der Waals surface area contributed by atoms with Gasteiger partial charge in [0.05, 0.1) is 10.5 Å². The lowest BCUT2D eigenvalue weighted by atomic mass is 10.1. The van der Waals surface area contributed by atoms with E-state index < -0.39 is 10.9 Å². The summed E-state index contributed by atoms with van der Waals surface area (Å²) < 4.78 is 9.11. The molecule has 0 radical (unpaired) electrons. The topological polar surface area (TPSA) is 95.7 Å². The van der Waals surface area contributed by atoms with Crippen LogP contribution in [0.1, 0.15) is 15.9 Å². The normalized spacial score (nSPS) is 9.61. The van der Waals surface area contributed by atoms with Gasteiger partial charge in [-0.3, -0.25) is 14.9 Å². The molecule has 0 aliphatic heterocycles. The third-order valence-corrected chi connectivity index (χ3v) is 2.01. The fraction of sp³-hybridized carbons (Fsp3) is 0.273. The highest BCUT2D eigenvalue weighted by atomic mass is 16.6. The number of benzene rings is 1. The van der Waals surface area contributed by atoms with Gasteiger partial charge in [0.25, 0.3) is 12.2 Å². The average Bonchev–Trinajstić information content (AvgIpc) is 2.33. The maximum absolute atomic E-state index is 11.5. The van der Waals surface area contributed by atoms with Crippen LogP contribution in [0, 0.1) is 17.0 Å². The molecule has 0 unspecified atom stereocenters. The lowest BCUT2D eigenvalue weighted by Crippen LogP contribution is -2.11. The summed E-state index contributed by atoms with van der Waals surface area (Å²) >= 11 is 0. The van der Waals surface area contributed by atoms with E-state index in [1.54, 1.807) is 6.92 Å². The van der Waals surface area contributed by atoms with Crippen molar-refractivity contribution in [3.8, 4) is 0 Å². The Bertz CT molecular complexity index is 471. The summed E-state index contributed by atoms with van der Waals surface area (Å²) in [6, 6.07) is 3.97. The molecule has 0 spiro atoms. The molecule has 7 nitrogen and oxygen atoms in total. The van der Waals surface area contributed by atoms with E-state index >= 15 is 0 Å². The Morgan fingerprint density at radius 3 is 2.72 bits per heavy atom. The van der Waals surface area contributed by atoms with Crippen LogP contribution in [-0.4, -0.2) is 30.6 Å². The number of ether oxygens (including phenoxy) is 2. The van der Waals surface area contributed by atoms with Crippen molar-refractivity contribution in [1.82, 2.24) is 0 Å². The Morgan fingerprint density at radius 1 is 1.39 bits per heavy atom. The van der Waals surface area contributed by atoms with E-state index in [1.165, 1.54) is 12.1 Å². The zero-order chi connectivity index (χ0) is 13.5. The molecule has 0 heterocycles. The number of non-ortho nitro benzene ring substituents is 1. The Hall–Kier alpha value is -2.44. The second kappa shape index (κ2) is 6.33. The molecule has 0 saturated carbocycles. The average molecular weight is 253 g/mol. The minimum atomic E-state index is -0.698. The summed E-state index contributed by atoms with van der Waals surface area (Å²) in [5.41, 5.74) is 0.499. The summed E-state index contributed by atoms with van der Waals surface area (Å²) in [6.07, 6.45) is 0. The zero-order valence-electron chi connectivity index (χ0n) is 9.62. The van der Waals surface area contributed by atoms with Crippen molar-refractivity contribution in [3.05, 3.63) is 39.4 Å². The van der Waals surface area contributed by atoms with Gasteiger partial charge in [0.1, 0.15) is 13.2 Å². The first-order valence-corrected chi connectivity index (χ1v) is 5.03. The van der Waals surface area contributed by atoms with E-state index in [9.17, 15) is 19.7 Å². The van der Waals surface area contributed by atoms with Crippen LogP contribution < -0.4 is 0 Å². The lowest BCUT2D eigenvalue weighted by molar-refractivity contribution is -0.384. The Labute approximate surface area is 102 Å². The maximum Gasteiger partial charge on any atom is 0.338 e. The molecule has 0 fully saturated rings. The molecule has 0 amide bonds. The number of nitrogens with zero attached hydrogens (tertiary/aromatic N) is 1. The largest absolute Gasteiger partial charge is 0.464 e. The van der Waals surface area contributed by atoms with Crippen molar-refractivity contribution in [2.45, 2.75) is 6.92 Å². The second-order valence-corrected chi connectivity index (χ2v) is 3.42. The van der Waals surface area contributed by atoms with Crippen LogP contribution in [0.15, 0.2) is 18.2 Å². The first-order chi connectivity index (χ1) is 8.54. The van der Waals surface area contributed by atoms with Gasteiger partial charge in [-0.1, -0.05) is 0 Å². The van der Waals surface area contributed by atoms with Crippen LogP contribution in [0.25, 0.3) is 0 Å². The third-order valence-electron chi connectivity index (χ3n) is 2.01. The van der Waals surface area contributed by atoms with Crippen LogP contribution in [0.4, 0.5) is 5.69 Å². The molecule has 0 N–H and O–H groups in total. The smallest absolute Gasteiger partial charge is 0.338 e. The number of hydrogen-bond acceptors (Lipinski definition) is 6. The summed E-state index contributed by atoms with van der Waals surface area (Å²) in [5, 5.41) is 10.6. The van der Waals surface area contributed by atoms with Gasteiger partial charge in [-0.2, -0.15) is 0 Å². The van der Waals surface area contributed by atoms with Gasteiger partial charge in [0, 0.05) is 12.1 Å². The van der Waals surface area contributed by atoms with E-state index in [0.717, 1.165) is 6.07 Å². The molecule has 1 rings (SSSR count). The molecule has 0 saturated heterocycles. The minimum Gasteiger partial charge on any atom is -0.464 e. The molecule has 0 aromatic heterocycles. The molecule has 0 aliphatic rings. The fourth-order valence-corrected chi connectivity index (χ4v) is 1.30. The number of rotatable bonds is 6. The fourth-order valence-electron chi connectivity index (χ4n) is 1.30. The van der Waals surface area contributed by atoms with Gasteiger partial charge in [0.2, 0.25) is 0 Å². The van der Waals surface area contributed by atoms with Gasteiger partial charge in [-0.15, -0.1) is 0 Å². The van der Waals surface area contributed by atoms with E-state index in [1.807, 2.05) is 0 Å². The first-order valence-electron chi connectivity index (χ1n) is 5.03. The van der Waals surface area contributed by atoms with Crippen molar-refractivity contribution in [2.24, 2.45) is 0 Å². The van der Waals surface area contributed by atoms with Crippen LogP contribution in [0.3, 0.4) is 0 Å². The van der Waals surface area contributed by atoms with Crippen LogP contribution in [0.5, 0.6) is 0 Å². The molecule has 1 aromatic rings. The quantitative estimate of drug-likeness (QED) is 0.249. The molecule has 18 heavy (non-hydrogen) atoms. The number of esters is 1. The van der Waals surface area contributed by atoms with Gasteiger partial charge in [-0.05, 0) is 18.6 Å². The molecule has 0 aliphatic carbocycles. The van der Waals surface area contributed by atoms with Gasteiger partial charge < -0.3 is 9.47 Å². The monoisotopic (exact) mass is 253 g/mol. The Balaban J connectivity index is 2.73. The van der Waals surface area contributed by atoms with Gasteiger partial charge in [-0.25, -0.2) is 4.79 Å². The van der Waals surface area contributed by atoms with Gasteiger partial charge >= 0.3 is 5.97 Å². The number of aryl methyl sites for hydroxylation is 1. The summed E-state index contributed by atoms with van der Waals surface area (Å²) in [7, 11) is 0. The first kappa shape index (κ1) is 13.6. The second-order valence-electron chi connectivity index (χ2n) is 3.42. The van der Waals surface area contributed by atoms with E-state index in [0.29, 0.717) is 5.56 Å². The number of hydrogen-bond donors (Lipinski definition) is 0. The summed E-state index contributed by atoms with van der Waals surface area (Å²) in [6.45, 7) is 1.73. The zero-order valence-corrected chi connectivity index (χ0v) is 9.62. The molecule has 0 atom stereocenters. The number of carbonyl (C=O) groups is 2. The summed E-state index contributed by atoms with van der Waals surface area (Å²) in [4.78, 5) is 31.4. The molecule has 96 valence electrons. The Morgan fingerprint density at radius 2 is 2.11 bits per heavy atom. The number of nitro benzene ring substituents is 1.